The van der Waals surface area contributed by atoms with Crippen molar-refractivity contribution < 1.29 is 19.1 Å². The first-order chi connectivity index (χ1) is 13.7. The summed E-state index contributed by atoms with van der Waals surface area (Å²) in [5, 5.41) is 5.57. The van der Waals surface area contributed by atoms with Crippen molar-refractivity contribution >= 4 is 23.3 Å². The van der Waals surface area contributed by atoms with Crippen LogP contribution >= 0.6 is 0 Å². The van der Waals surface area contributed by atoms with Gasteiger partial charge in [-0.1, -0.05) is 24.3 Å². The van der Waals surface area contributed by atoms with Crippen molar-refractivity contribution in [3.8, 4) is 5.75 Å². The van der Waals surface area contributed by atoms with E-state index in [0.717, 1.165) is 5.56 Å². The van der Waals surface area contributed by atoms with Gasteiger partial charge in [-0.25, -0.2) is 4.79 Å². The first kappa shape index (κ1) is 19.7. The number of urea groups is 1. The van der Waals surface area contributed by atoms with Crippen LogP contribution in [-0.2, 0) is 16.0 Å². The lowest BCUT2D eigenvalue weighted by Gasteiger charge is -2.26. The molecule has 0 atom stereocenters. The van der Waals surface area contributed by atoms with Crippen LogP contribution in [0.3, 0.4) is 0 Å². The number of benzene rings is 2. The largest absolute Gasteiger partial charge is 0.492 e. The van der Waals surface area contributed by atoms with Gasteiger partial charge < -0.3 is 25.0 Å². The highest BCUT2D eigenvalue weighted by Crippen LogP contribution is 2.24. The fourth-order valence-electron chi connectivity index (χ4n) is 2.94. The highest BCUT2D eigenvalue weighted by molar-refractivity contribution is 6.00. The molecule has 1 heterocycles. The molecule has 0 aliphatic carbocycles. The zero-order valence-electron chi connectivity index (χ0n) is 15.9. The van der Waals surface area contributed by atoms with Crippen molar-refractivity contribution in [2.75, 3.05) is 43.5 Å². The van der Waals surface area contributed by atoms with E-state index in [1.165, 1.54) is 0 Å². The third kappa shape index (κ3) is 5.47. The lowest BCUT2D eigenvalue weighted by atomic mass is 10.1. The lowest BCUT2D eigenvalue weighted by Crippen LogP contribution is -2.41. The molecule has 0 aromatic heterocycles. The van der Waals surface area contributed by atoms with Gasteiger partial charge in [0.2, 0.25) is 5.91 Å². The van der Waals surface area contributed by atoms with Gasteiger partial charge in [-0.15, -0.1) is 0 Å². The Kier molecular flexibility index (Phi) is 6.86. The lowest BCUT2D eigenvalue weighted by molar-refractivity contribution is -0.134. The Labute approximate surface area is 164 Å². The number of rotatable bonds is 6. The molecule has 0 unspecified atom stereocenters. The van der Waals surface area contributed by atoms with Crippen molar-refractivity contribution in [2.24, 2.45) is 0 Å². The number of carbonyl (C=O) groups excluding carboxylic acids is 2. The van der Waals surface area contributed by atoms with Gasteiger partial charge in [0.05, 0.1) is 31.9 Å². The highest BCUT2D eigenvalue weighted by Gasteiger charge is 2.17. The Balaban J connectivity index is 1.54. The van der Waals surface area contributed by atoms with Crippen molar-refractivity contribution in [2.45, 2.75) is 13.3 Å². The summed E-state index contributed by atoms with van der Waals surface area (Å²) in [5.74, 6) is 0.714. The third-order valence-electron chi connectivity index (χ3n) is 4.37. The molecule has 0 radical (unpaired) electrons. The molecule has 28 heavy (non-hydrogen) atoms. The highest BCUT2D eigenvalue weighted by atomic mass is 16.5. The van der Waals surface area contributed by atoms with E-state index in [-0.39, 0.29) is 11.9 Å². The van der Waals surface area contributed by atoms with Gasteiger partial charge in [-0.2, -0.15) is 0 Å². The van der Waals surface area contributed by atoms with E-state index in [1.54, 1.807) is 24.3 Å². The summed E-state index contributed by atoms with van der Waals surface area (Å²) in [6.45, 7) is 4.88. The average molecular weight is 383 g/mol. The Morgan fingerprint density at radius 3 is 2.46 bits per heavy atom. The van der Waals surface area contributed by atoms with Crippen LogP contribution in [0.1, 0.15) is 12.5 Å². The quantitative estimate of drug-likeness (QED) is 0.803. The summed E-state index contributed by atoms with van der Waals surface area (Å²) in [7, 11) is 0. The van der Waals surface area contributed by atoms with E-state index >= 15 is 0 Å². The molecule has 7 nitrogen and oxygen atoms in total. The number of hydrogen-bond acceptors (Lipinski definition) is 4. The number of nitrogens with one attached hydrogen (secondary N) is 2. The molecular formula is C21H25N3O4. The topological polar surface area (TPSA) is 79.9 Å². The monoisotopic (exact) mass is 383 g/mol. The van der Waals surface area contributed by atoms with Crippen LogP contribution in [0.2, 0.25) is 0 Å². The van der Waals surface area contributed by atoms with Crippen LogP contribution < -0.4 is 15.4 Å². The summed E-state index contributed by atoms with van der Waals surface area (Å²) in [6.07, 6.45) is 0.341. The third-order valence-corrected chi connectivity index (χ3v) is 4.37. The van der Waals surface area contributed by atoms with E-state index in [9.17, 15) is 9.59 Å². The molecule has 1 aliphatic heterocycles. The van der Waals surface area contributed by atoms with Crippen LogP contribution in [0.4, 0.5) is 16.2 Å². The van der Waals surface area contributed by atoms with Gasteiger partial charge in [0.1, 0.15) is 5.75 Å². The van der Waals surface area contributed by atoms with Gasteiger partial charge in [-0.05, 0) is 36.8 Å². The Hall–Kier alpha value is -3.06. The maximum absolute atomic E-state index is 12.3. The maximum atomic E-state index is 12.3. The predicted octanol–water partition coefficient (Wildman–Crippen LogP) is 3.13. The van der Waals surface area contributed by atoms with Crippen molar-refractivity contribution in [3.05, 3.63) is 54.1 Å². The molecule has 1 fully saturated rings. The second-order valence-electron chi connectivity index (χ2n) is 6.38. The zero-order valence-corrected chi connectivity index (χ0v) is 15.9. The van der Waals surface area contributed by atoms with E-state index < -0.39 is 0 Å². The minimum absolute atomic E-state index is 0.0919. The van der Waals surface area contributed by atoms with Gasteiger partial charge in [0.25, 0.3) is 0 Å². The van der Waals surface area contributed by atoms with Crippen LogP contribution in [-0.4, -0.2) is 49.7 Å². The fourth-order valence-corrected chi connectivity index (χ4v) is 2.94. The van der Waals surface area contributed by atoms with E-state index in [1.807, 2.05) is 36.1 Å². The van der Waals surface area contributed by atoms with Gasteiger partial charge in [0.15, 0.2) is 0 Å². The number of morpholine rings is 1. The Morgan fingerprint density at radius 1 is 1.04 bits per heavy atom. The Bertz CT molecular complexity index is 802. The predicted molar refractivity (Wildman–Crippen MR) is 108 cm³/mol. The summed E-state index contributed by atoms with van der Waals surface area (Å²) in [5.41, 5.74) is 2.16. The van der Waals surface area contributed by atoms with E-state index in [4.69, 9.17) is 9.47 Å². The van der Waals surface area contributed by atoms with Crippen molar-refractivity contribution in [1.29, 1.82) is 0 Å². The number of hydrogen-bond donors (Lipinski definition) is 2. The van der Waals surface area contributed by atoms with E-state index in [2.05, 4.69) is 10.6 Å². The number of anilines is 2. The molecule has 0 spiro atoms. The molecular weight excluding hydrogens is 358 g/mol. The molecule has 2 aromatic rings. The molecule has 0 bridgehead atoms. The smallest absolute Gasteiger partial charge is 0.323 e. The SMILES string of the molecule is CCOc1ccccc1NC(=O)Nc1ccc(CC(=O)N2CCOCC2)cc1. The number of amides is 3. The molecule has 3 rings (SSSR count). The summed E-state index contributed by atoms with van der Waals surface area (Å²) < 4.78 is 10.8. The zero-order chi connectivity index (χ0) is 19.8. The number of nitrogens with zero attached hydrogens (tertiary/aromatic N) is 1. The van der Waals surface area contributed by atoms with Crippen molar-refractivity contribution in [1.82, 2.24) is 4.90 Å². The van der Waals surface area contributed by atoms with Gasteiger partial charge in [0, 0.05) is 18.8 Å². The number of ether oxygens (including phenoxy) is 2. The summed E-state index contributed by atoms with van der Waals surface area (Å²) in [4.78, 5) is 26.4. The minimum atomic E-state index is -0.357. The second kappa shape index (κ2) is 9.75. The minimum Gasteiger partial charge on any atom is -0.492 e. The van der Waals surface area contributed by atoms with Gasteiger partial charge in [-0.3, -0.25) is 4.79 Å². The van der Waals surface area contributed by atoms with E-state index in [0.29, 0.717) is 56.5 Å². The summed E-state index contributed by atoms with van der Waals surface area (Å²) in [6, 6.07) is 14.2. The van der Waals surface area contributed by atoms with Crippen LogP contribution in [0.25, 0.3) is 0 Å². The molecule has 2 N–H and O–H groups in total. The van der Waals surface area contributed by atoms with Crippen molar-refractivity contribution in [3.63, 3.8) is 0 Å². The number of para-hydroxylation sites is 2. The van der Waals surface area contributed by atoms with Crippen LogP contribution in [0.15, 0.2) is 48.5 Å². The molecule has 1 aliphatic rings. The number of carbonyl (C=O) groups is 2. The molecule has 2 aromatic carbocycles. The molecule has 0 saturated carbocycles. The average Bonchev–Trinajstić information content (AvgIpc) is 2.72. The second-order valence-corrected chi connectivity index (χ2v) is 6.38. The molecule has 3 amide bonds. The normalized spacial score (nSPS) is 13.7. The first-order valence-electron chi connectivity index (χ1n) is 9.40. The van der Waals surface area contributed by atoms with Crippen LogP contribution in [0, 0.1) is 0 Å². The standard InChI is InChI=1S/C21H25N3O4/c1-2-28-19-6-4-3-5-18(19)23-21(26)22-17-9-7-16(8-10-17)15-20(25)24-11-13-27-14-12-24/h3-10H,2,11-15H2,1H3,(H2,22,23,26). The Morgan fingerprint density at radius 2 is 1.75 bits per heavy atom. The molecule has 7 heteroatoms. The molecule has 148 valence electrons. The first-order valence-corrected chi connectivity index (χ1v) is 9.40. The maximum Gasteiger partial charge on any atom is 0.323 e. The summed E-state index contributed by atoms with van der Waals surface area (Å²) >= 11 is 0. The van der Waals surface area contributed by atoms with Crippen LogP contribution in [0.5, 0.6) is 5.75 Å². The van der Waals surface area contributed by atoms with Gasteiger partial charge >= 0.3 is 6.03 Å². The molecule has 1 saturated heterocycles. The fraction of sp³-hybridized carbons (Fsp3) is 0.333.